The molecule has 1 aromatic heterocycles. The molecule has 29 heavy (non-hydrogen) atoms. The molecule has 0 bridgehead atoms. The standard InChI is InChI=1S/C22H18BrNO5/c1-13(25)28-20-12-17(24-19-7-5-4-6-18(19)20)9-8-15-10-16(23)11-21(27-3)22(15)29-14(2)26/h4-12H,1-3H3/b9-8+. The summed E-state index contributed by atoms with van der Waals surface area (Å²) in [6.45, 7) is 2.68. The first-order chi connectivity index (χ1) is 13.9. The maximum atomic E-state index is 11.5. The van der Waals surface area contributed by atoms with E-state index in [9.17, 15) is 9.59 Å². The number of fused-ring (bicyclic) bond motifs is 1. The van der Waals surface area contributed by atoms with E-state index in [0.717, 1.165) is 9.86 Å². The van der Waals surface area contributed by atoms with Crippen LogP contribution in [0.5, 0.6) is 17.2 Å². The first kappa shape index (κ1) is 20.5. The van der Waals surface area contributed by atoms with Crippen molar-refractivity contribution in [1.82, 2.24) is 4.98 Å². The zero-order chi connectivity index (χ0) is 21.0. The molecule has 0 spiro atoms. The van der Waals surface area contributed by atoms with Gasteiger partial charge in [-0.2, -0.15) is 0 Å². The zero-order valence-electron chi connectivity index (χ0n) is 16.1. The number of pyridine rings is 1. The number of hydrogen-bond donors (Lipinski definition) is 0. The van der Waals surface area contributed by atoms with Crippen LogP contribution in [-0.4, -0.2) is 24.0 Å². The van der Waals surface area contributed by atoms with E-state index in [0.29, 0.717) is 34.0 Å². The van der Waals surface area contributed by atoms with Crippen LogP contribution in [0, 0.1) is 0 Å². The molecule has 0 radical (unpaired) electrons. The molecule has 0 fully saturated rings. The molecule has 3 aromatic rings. The highest BCUT2D eigenvalue weighted by atomic mass is 79.9. The Kier molecular flexibility index (Phi) is 6.29. The van der Waals surface area contributed by atoms with Crippen LogP contribution in [0.4, 0.5) is 0 Å². The van der Waals surface area contributed by atoms with Gasteiger partial charge in [0.1, 0.15) is 5.75 Å². The zero-order valence-corrected chi connectivity index (χ0v) is 17.6. The fourth-order valence-corrected chi connectivity index (χ4v) is 3.23. The van der Waals surface area contributed by atoms with Gasteiger partial charge in [0.2, 0.25) is 0 Å². The minimum absolute atomic E-state index is 0.306. The van der Waals surface area contributed by atoms with Crippen molar-refractivity contribution < 1.29 is 23.8 Å². The average molecular weight is 456 g/mol. The fraction of sp³-hybridized carbons (Fsp3) is 0.136. The summed E-state index contributed by atoms with van der Waals surface area (Å²) in [6, 6.07) is 12.6. The Morgan fingerprint density at radius 3 is 2.38 bits per heavy atom. The van der Waals surface area contributed by atoms with Gasteiger partial charge in [0.25, 0.3) is 0 Å². The maximum absolute atomic E-state index is 11.5. The summed E-state index contributed by atoms with van der Waals surface area (Å²) in [5.74, 6) is 0.280. The van der Waals surface area contributed by atoms with E-state index in [2.05, 4.69) is 20.9 Å². The normalized spacial score (nSPS) is 10.9. The molecule has 0 saturated carbocycles. The monoisotopic (exact) mass is 455 g/mol. The number of carbonyl (C=O) groups is 2. The van der Waals surface area contributed by atoms with E-state index >= 15 is 0 Å². The Hall–Kier alpha value is -3.19. The molecule has 0 unspecified atom stereocenters. The van der Waals surface area contributed by atoms with Gasteiger partial charge in [-0.15, -0.1) is 0 Å². The number of rotatable bonds is 5. The van der Waals surface area contributed by atoms with Gasteiger partial charge >= 0.3 is 11.9 Å². The smallest absolute Gasteiger partial charge is 0.308 e. The molecule has 0 N–H and O–H groups in total. The second-order valence-electron chi connectivity index (χ2n) is 6.11. The van der Waals surface area contributed by atoms with Gasteiger partial charge in [-0.05, 0) is 36.4 Å². The van der Waals surface area contributed by atoms with Crippen molar-refractivity contribution in [1.29, 1.82) is 0 Å². The number of para-hydroxylation sites is 1. The summed E-state index contributed by atoms with van der Waals surface area (Å²) in [7, 11) is 1.50. The number of benzene rings is 2. The van der Waals surface area contributed by atoms with Gasteiger partial charge in [0.15, 0.2) is 11.5 Å². The number of aromatic nitrogens is 1. The third-order valence-electron chi connectivity index (χ3n) is 3.90. The molecular formula is C22H18BrNO5. The summed E-state index contributed by atoms with van der Waals surface area (Å²) in [5, 5.41) is 0.740. The number of methoxy groups -OCH3 is 1. The van der Waals surface area contributed by atoms with Crippen molar-refractivity contribution in [2.75, 3.05) is 7.11 Å². The maximum Gasteiger partial charge on any atom is 0.308 e. The molecule has 0 aliphatic carbocycles. The van der Waals surface area contributed by atoms with Crippen LogP contribution in [0.25, 0.3) is 23.1 Å². The molecule has 0 atom stereocenters. The van der Waals surface area contributed by atoms with Crippen LogP contribution in [0.1, 0.15) is 25.1 Å². The predicted molar refractivity (Wildman–Crippen MR) is 114 cm³/mol. The van der Waals surface area contributed by atoms with E-state index in [1.165, 1.54) is 21.0 Å². The van der Waals surface area contributed by atoms with Gasteiger partial charge in [-0.25, -0.2) is 4.98 Å². The topological polar surface area (TPSA) is 74.7 Å². The lowest BCUT2D eigenvalue weighted by molar-refractivity contribution is -0.132. The summed E-state index contributed by atoms with van der Waals surface area (Å²) in [6.07, 6.45) is 3.49. The first-order valence-corrected chi connectivity index (χ1v) is 9.49. The molecule has 0 aliphatic rings. The molecule has 148 valence electrons. The number of carbonyl (C=O) groups excluding carboxylic acids is 2. The largest absolute Gasteiger partial charge is 0.493 e. The lowest BCUT2D eigenvalue weighted by Gasteiger charge is -2.12. The lowest BCUT2D eigenvalue weighted by Crippen LogP contribution is -2.04. The van der Waals surface area contributed by atoms with E-state index in [1.807, 2.05) is 24.3 Å². The molecular weight excluding hydrogens is 438 g/mol. The van der Waals surface area contributed by atoms with Gasteiger partial charge < -0.3 is 14.2 Å². The lowest BCUT2D eigenvalue weighted by atomic mass is 10.1. The summed E-state index contributed by atoms with van der Waals surface area (Å²) in [5.41, 5.74) is 1.89. The number of ether oxygens (including phenoxy) is 3. The number of esters is 2. The Morgan fingerprint density at radius 1 is 0.966 bits per heavy atom. The number of halogens is 1. The van der Waals surface area contributed by atoms with Gasteiger partial charge in [0.05, 0.1) is 18.3 Å². The SMILES string of the molecule is COc1cc(Br)cc(/C=C/c2cc(OC(C)=O)c3ccccc3n2)c1OC(C)=O. The molecule has 0 amide bonds. The van der Waals surface area contributed by atoms with E-state index < -0.39 is 11.9 Å². The fourth-order valence-electron chi connectivity index (χ4n) is 2.78. The third-order valence-corrected chi connectivity index (χ3v) is 4.36. The molecule has 2 aromatic carbocycles. The Morgan fingerprint density at radius 2 is 1.69 bits per heavy atom. The second kappa shape index (κ2) is 8.87. The third kappa shape index (κ3) is 5.00. The van der Waals surface area contributed by atoms with E-state index in [4.69, 9.17) is 14.2 Å². The van der Waals surface area contributed by atoms with Gasteiger partial charge in [0, 0.05) is 35.3 Å². The number of hydrogen-bond acceptors (Lipinski definition) is 6. The van der Waals surface area contributed by atoms with Crippen molar-refractivity contribution in [3.63, 3.8) is 0 Å². The van der Waals surface area contributed by atoms with Crippen molar-refractivity contribution in [2.45, 2.75) is 13.8 Å². The van der Waals surface area contributed by atoms with E-state index in [-0.39, 0.29) is 0 Å². The van der Waals surface area contributed by atoms with Crippen LogP contribution in [0.3, 0.4) is 0 Å². The Balaban J connectivity index is 2.08. The number of nitrogens with zero attached hydrogens (tertiary/aromatic N) is 1. The highest BCUT2D eigenvalue weighted by Gasteiger charge is 2.14. The first-order valence-electron chi connectivity index (χ1n) is 8.69. The minimum Gasteiger partial charge on any atom is -0.493 e. The quantitative estimate of drug-likeness (QED) is 0.396. The van der Waals surface area contributed by atoms with Crippen molar-refractivity contribution in [3.05, 3.63) is 58.2 Å². The summed E-state index contributed by atoms with van der Waals surface area (Å²) < 4.78 is 16.8. The van der Waals surface area contributed by atoms with Crippen LogP contribution in [0.2, 0.25) is 0 Å². The Labute approximate surface area is 176 Å². The molecule has 0 aliphatic heterocycles. The molecule has 7 heteroatoms. The van der Waals surface area contributed by atoms with Crippen LogP contribution < -0.4 is 14.2 Å². The highest BCUT2D eigenvalue weighted by Crippen LogP contribution is 2.36. The highest BCUT2D eigenvalue weighted by molar-refractivity contribution is 9.10. The molecule has 1 heterocycles. The Bertz CT molecular complexity index is 1120. The minimum atomic E-state index is -0.457. The van der Waals surface area contributed by atoms with E-state index in [1.54, 1.807) is 30.4 Å². The molecule has 6 nitrogen and oxygen atoms in total. The van der Waals surface area contributed by atoms with Crippen LogP contribution in [0.15, 0.2) is 46.9 Å². The summed E-state index contributed by atoms with van der Waals surface area (Å²) in [4.78, 5) is 27.6. The predicted octanol–water partition coefficient (Wildman–Crippen LogP) is 5.03. The van der Waals surface area contributed by atoms with Gasteiger partial charge in [-0.3, -0.25) is 9.59 Å². The van der Waals surface area contributed by atoms with Crippen LogP contribution >= 0.6 is 15.9 Å². The van der Waals surface area contributed by atoms with Gasteiger partial charge in [-0.1, -0.05) is 28.1 Å². The van der Waals surface area contributed by atoms with Crippen LogP contribution in [-0.2, 0) is 9.59 Å². The van der Waals surface area contributed by atoms with Crippen molar-refractivity contribution in [2.24, 2.45) is 0 Å². The average Bonchev–Trinajstić information content (AvgIpc) is 2.67. The molecule has 3 rings (SSSR count). The van der Waals surface area contributed by atoms with Crippen molar-refractivity contribution >= 4 is 50.9 Å². The molecule has 0 saturated heterocycles. The summed E-state index contributed by atoms with van der Waals surface area (Å²) >= 11 is 3.42. The second-order valence-corrected chi connectivity index (χ2v) is 7.03. The van der Waals surface area contributed by atoms with Crippen molar-refractivity contribution in [3.8, 4) is 17.2 Å².